The van der Waals surface area contributed by atoms with E-state index in [1.807, 2.05) is 50.6 Å². The Morgan fingerprint density at radius 2 is 1.86 bits per heavy atom. The number of carbonyl (C=O) groups is 1. The van der Waals surface area contributed by atoms with Gasteiger partial charge in [-0.2, -0.15) is 5.10 Å². The number of nitrogens with zero attached hydrogens (tertiary/aromatic N) is 4. The fraction of sp³-hybridized carbons (Fsp3) is 0.429. The lowest BCUT2D eigenvalue weighted by Crippen LogP contribution is -2.29. The molecule has 0 spiro atoms. The second-order valence-electron chi connectivity index (χ2n) is 7.48. The molecule has 2 aromatic heterocycles. The van der Waals surface area contributed by atoms with Crippen molar-refractivity contribution < 1.29 is 4.79 Å². The first kappa shape index (κ1) is 19.8. The summed E-state index contributed by atoms with van der Waals surface area (Å²) >= 11 is 0. The number of hydrogen-bond acceptors (Lipinski definition) is 5. The van der Waals surface area contributed by atoms with E-state index in [-0.39, 0.29) is 5.91 Å². The number of anilines is 1. The van der Waals surface area contributed by atoms with Crippen molar-refractivity contribution in [1.29, 1.82) is 0 Å². The highest BCUT2D eigenvalue weighted by atomic mass is 16.1. The largest absolute Gasteiger partial charge is 0.368 e. The summed E-state index contributed by atoms with van der Waals surface area (Å²) in [6.45, 7) is 11.1. The number of rotatable bonds is 7. The molecule has 3 rings (SSSR count). The van der Waals surface area contributed by atoms with Crippen molar-refractivity contribution in [3.05, 3.63) is 41.3 Å². The number of aryl methyl sites for hydroxylation is 3. The van der Waals surface area contributed by atoms with Crippen LogP contribution in [-0.2, 0) is 4.79 Å². The average molecular weight is 380 g/mol. The van der Waals surface area contributed by atoms with Gasteiger partial charge in [-0.3, -0.25) is 4.79 Å². The molecule has 2 heterocycles. The molecule has 0 bridgehead atoms. The molecule has 0 aliphatic rings. The Hall–Kier alpha value is -2.96. The summed E-state index contributed by atoms with van der Waals surface area (Å²) in [7, 11) is 0. The van der Waals surface area contributed by atoms with E-state index in [4.69, 9.17) is 5.10 Å². The molecule has 0 atom stereocenters. The molecule has 0 aliphatic heterocycles. The fourth-order valence-corrected chi connectivity index (χ4v) is 3.21. The number of fused-ring (bicyclic) bond motifs is 1. The summed E-state index contributed by atoms with van der Waals surface area (Å²) in [4.78, 5) is 21.0. The minimum atomic E-state index is 0.0735. The molecule has 0 aliphatic carbocycles. The van der Waals surface area contributed by atoms with Gasteiger partial charge in [0.15, 0.2) is 5.65 Å². The third-order valence-corrected chi connectivity index (χ3v) is 4.49. The van der Waals surface area contributed by atoms with E-state index >= 15 is 0 Å². The van der Waals surface area contributed by atoms with Crippen molar-refractivity contribution in [2.45, 2.75) is 41.0 Å². The van der Waals surface area contributed by atoms with E-state index in [1.54, 1.807) is 0 Å². The number of hydrogen-bond donors (Lipinski definition) is 2. The lowest BCUT2D eigenvalue weighted by Gasteiger charge is -2.11. The van der Waals surface area contributed by atoms with Gasteiger partial charge in [-0.25, -0.2) is 14.6 Å². The standard InChI is InChI=1S/C21H28N6O/c1-13(2)12-18(28)22-10-11-23-20-19-15(4)26-27(21(19)25-16(5)24-20)17-9-7-6-8-14(17)3/h6-9,13H,10-12H2,1-5H3,(H,22,28)(H,23,24,25). The van der Waals surface area contributed by atoms with Crippen LogP contribution in [0.25, 0.3) is 16.7 Å². The molecule has 0 unspecified atom stereocenters. The summed E-state index contributed by atoms with van der Waals surface area (Å²) in [6, 6.07) is 8.11. The first-order chi connectivity index (χ1) is 13.4. The first-order valence-corrected chi connectivity index (χ1v) is 9.67. The maximum absolute atomic E-state index is 11.8. The van der Waals surface area contributed by atoms with Crippen LogP contribution in [0.2, 0.25) is 0 Å². The topological polar surface area (TPSA) is 84.7 Å². The Morgan fingerprint density at radius 3 is 2.57 bits per heavy atom. The molecular formula is C21H28N6O. The number of nitrogens with one attached hydrogen (secondary N) is 2. The van der Waals surface area contributed by atoms with Gasteiger partial charge in [0.25, 0.3) is 0 Å². The van der Waals surface area contributed by atoms with E-state index in [1.165, 1.54) is 0 Å². The minimum absolute atomic E-state index is 0.0735. The Morgan fingerprint density at radius 1 is 1.11 bits per heavy atom. The van der Waals surface area contributed by atoms with Crippen molar-refractivity contribution in [3.8, 4) is 5.69 Å². The first-order valence-electron chi connectivity index (χ1n) is 9.67. The van der Waals surface area contributed by atoms with Gasteiger partial charge in [-0.1, -0.05) is 32.0 Å². The number of amides is 1. The van der Waals surface area contributed by atoms with Gasteiger partial charge >= 0.3 is 0 Å². The lowest BCUT2D eigenvalue weighted by molar-refractivity contribution is -0.121. The molecular weight excluding hydrogens is 352 g/mol. The molecule has 0 saturated carbocycles. The highest BCUT2D eigenvalue weighted by Gasteiger charge is 2.17. The molecule has 28 heavy (non-hydrogen) atoms. The predicted octanol–water partition coefficient (Wildman–Crippen LogP) is 3.31. The molecule has 0 fully saturated rings. The van der Waals surface area contributed by atoms with Gasteiger partial charge in [-0.05, 0) is 38.3 Å². The van der Waals surface area contributed by atoms with E-state index in [9.17, 15) is 4.79 Å². The van der Waals surface area contributed by atoms with Crippen molar-refractivity contribution in [3.63, 3.8) is 0 Å². The zero-order valence-corrected chi connectivity index (χ0v) is 17.2. The van der Waals surface area contributed by atoms with Gasteiger partial charge in [0, 0.05) is 19.5 Å². The maximum atomic E-state index is 11.8. The van der Waals surface area contributed by atoms with E-state index < -0.39 is 0 Å². The Kier molecular flexibility index (Phi) is 5.92. The van der Waals surface area contributed by atoms with Gasteiger partial charge in [-0.15, -0.1) is 0 Å². The smallest absolute Gasteiger partial charge is 0.220 e. The highest BCUT2D eigenvalue weighted by molar-refractivity contribution is 5.90. The van der Waals surface area contributed by atoms with E-state index in [0.29, 0.717) is 31.3 Å². The van der Waals surface area contributed by atoms with Crippen molar-refractivity contribution >= 4 is 22.8 Å². The van der Waals surface area contributed by atoms with Crippen LogP contribution in [0.1, 0.15) is 37.4 Å². The molecule has 2 N–H and O–H groups in total. The number of aromatic nitrogens is 4. The summed E-state index contributed by atoms with van der Waals surface area (Å²) in [5, 5.41) is 11.9. The monoisotopic (exact) mass is 380 g/mol. The van der Waals surface area contributed by atoms with E-state index in [0.717, 1.165) is 33.8 Å². The van der Waals surface area contributed by atoms with Crippen LogP contribution in [0, 0.1) is 26.7 Å². The quantitative estimate of drug-likeness (QED) is 0.614. The van der Waals surface area contributed by atoms with Crippen molar-refractivity contribution in [1.82, 2.24) is 25.1 Å². The molecule has 7 nitrogen and oxygen atoms in total. The molecule has 1 aromatic carbocycles. The third kappa shape index (κ3) is 4.30. The average Bonchev–Trinajstić information content (AvgIpc) is 2.94. The summed E-state index contributed by atoms with van der Waals surface area (Å²) in [5.41, 5.74) is 3.78. The maximum Gasteiger partial charge on any atom is 0.220 e. The normalized spacial score (nSPS) is 11.2. The molecule has 0 saturated heterocycles. The Balaban J connectivity index is 1.84. The number of benzene rings is 1. The second-order valence-corrected chi connectivity index (χ2v) is 7.48. The van der Waals surface area contributed by atoms with Crippen LogP contribution in [0.3, 0.4) is 0 Å². The molecule has 3 aromatic rings. The SMILES string of the molecule is Cc1nc(NCCNC(=O)CC(C)C)c2c(C)nn(-c3ccccc3C)c2n1. The second kappa shape index (κ2) is 8.37. The highest BCUT2D eigenvalue weighted by Crippen LogP contribution is 2.27. The fourth-order valence-electron chi connectivity index (χ4n) is 3.21. The van der Waals surface area contributed by atoms with Gasteiger partial charge in [0.2, 0.25) is 5.91 Å². The third-order valence-electron chi connectivity index (χ3n) is 4.49. The van der Waals surface area contributed by atoms with Crippen LogP contribution in [-0.4, -0.2) is 38.7 Å². The Bertz CT molecular complexity index is 992. The van der Waals surface area contributed by atoms with Crippen LogP contribution < -0.4 is 10.6 Å². The van der Waals surface area contributed by atoms with Gasteiger partial charge in [0.1, 0.15) is 11.6 Å². The zero-order chi connectivity index (χ0) is 20.3. The summed E-state index contributed by atoms with van der Waals surface area (Å²) < 4.78 is 1.88. The minimum Gasteiger partial charge on any atom is -0.368 e. The van der Waals surface area contributed by atoms with Crippen LogP contribution in [0.15, 0.2) is 24.3 Å². The molecule has 148 valence electrons. The van der Waals surface area contributed by atoms with Gasteiger partial charge in [0.05, 0.1) is 16.8 Å². The molecule has 1 amide bonds. The number of carbonyl (C=O) groups excluding carboxylic acids is 1. The molecule has 0 radical (unpaired) electrons. The zero-order valence-electron chi connectivity index (χ0n) is 17.2. The summed E-state index contributed by atoms with van der Waals surface area (Å²) in [6.07, 6.45) is 0.541. The predicted molar refractivity (Wildman–Crippen MR) is 112 cm³/mol. The van der Waals surface area contributed by atoms with Crippen LogP contribution >= 0.6 is 0 Å². The van der Waals surface area contributed by atoms with Crippen molar-refractivity contribution in [2.75, 3.05) is 18.4 Å². The van der Waals surface area contributed by atoms with Gasteiger partial charge < -0.3 is 10.6 Å². The van der Waals surface area contributed by atoms with Crippen LogP contribution in [0.4, 0.5) is 5.82 Å². The lowest BCUT2D eigenvalue weighted by atomic mass is 10.1. The Labute approximate surface area is 165 Å². The van der Waals surface area contributed by atoms with Crippen molar-refractivity contribution in [2.24, 2.45) is 5.92 Å². The molecule has 7 heteroatoms. The summed E-state index contributed by atoms with van der Waals surface area (Å²) in [5.74, 6) is 1.85. The van der Waals surface area contributed by atoms with E-state index in [2.05, 4.69) is 33.6 Å². The number of para-hydroxylation sites is 1. The van der Waals surface area contributed by atoms with Crippen LogP contribution in [0.5, 0.6) is 0 Å².